The Labute approximate surface area is 160 Å². The van der Waals surface area contributed by atoms with Gasteiger partial charge in [-0.25, -0.2) is 13.4 Å². The predicted octanol–water partition coefficient (Wildman–Crippen LogP) is 2.10. The number of amides is 1. The van der Waals surface area contributed by atoms with Crippen LogP contribution in [-0.2, 0) is 21.2 Å². The number of aromatic nitrogens is 2. The van der Waals surface area contributed by atoms with Gasteiger partial charge in [-0.2, -0.15) is 13.1 Å². The molecule has 148 valence electrons. The number of hydrogen-bond acceptors (Lipinski definition) is 5. The average Bonchev–Trinajstić information content (AvgIpc) is 3.34. The molecule has 0 radical (unpaired) electrons. The Morgan fingerprint density at radius 1 is 1.44 bits per heavy atom. The van der Waals surface area contributed by atoms with E-state index in [2.05, 4.69) is 10.3 Å². The SMILES string of the molecule is O=C(NCCc1nccn1C(F)F)C1CCCN(S(=O)(=O)c2cccs2)C1. The monoisotopic (exact) mass is 418 g/mol. The van der Waals surface area contributed by atoms with Crippen molar-refractivity contribution in [3.05, 3.63) is 35.7 Å². The van der Waals surface area contributed by atoms with Gasteiger partial charge in [-0.3, -0.25) is 9.36 Å². The van der Waals surface area contributed by atoms with Crippen molar-refractivity contribution in [2.45, 2.75) is 30.0 Å². The lowest BCUT2D eigenvalue weighted by atomic mass is 9.99. The van der Waals surface area contributed by atoms with Crippen molar-refractivity contribution in [1.82, 2.24) is 19.2 Å². The van der Waals surface area contributed by atoms with E-state index in [0.29, 0.717) is 19.4 Å². The molecule has 11 heteroatoms. The van der Waals surface area contributed by atoms with E-state index in [0.717, 1.165) is 15.9 Å². The summed E-state index contributed by atoms with van der Waals surface area (Å²) in [4.78, 5) is 16.3. The van der Waals surface area contributed by atoms with Crippen LogP contribution < -0.4 is 5.32 Å². The summed E-state index contributed by atoms with van der Waals surface area (Å²) < 4.78 is 53.1. The maximum absolute atomic E-state index is 12.8. The fourth-order valence-electron chi connectivity index (χ4n) is 3.07. The number of nitrogens with zero attached hydrogens (tertiary/aromatic N) is 3. The molecule has 1 atom stereocenters. The number of nitrogens with one attached hydrogen (secondary N) is 1. The van der Waals surface area contributed by atoms with E-state index >= 15 is 0 Å². The van der Waals surface area contributed by atoms with Crippen molar-refractivity contribution in [3.8, 4) is 0 Å². The first kappa shape index (κ1) is 19.9. The molecule has 2 aromatic heterocycles. The van der Waals surface area contributed by atoms with Crippen LogP contribution in [0.5, 0.6) is 0 Å². The molecular formula is C16H20F2N4O3S2. The second kappa shape index (κ2) is 8.44. The third-order valence-electron chi connectivity index (χ3n) is 4.45. The molecule has 1 unspecified atom stereocenters. The van der Waals surface area contributed by atoms with Crippen LogP contribution in [0.1, 0.15) is 25.2 Å². The second-order valence-corrected chi connectivity index (χ2v) is 9.32. The fourth-order valence-corrected chi connectivity index (χ4v) is 5.74. The molecule has 0 saturated carbocycles. The minimum absolute atomic E-state index is 0.123. The minimum atomic E-state index is -3.58. The zero-order valence-corrected chi connectivity index (χ0v) is 16.1. The van der Waals surface area contributed by atoms with Crippen LogP contribution in [0.15, 0.2) is 34.1 Å². The molecule has 27 heavy (non-hydrogen) atoms. The van der Waals surface area contributed by atoms with Gasteiger partial charge < -0.3 is 5.32 Å². The summed E-state index contributed by atoms with van der Waals surface area (Å²) in [5.41, 5.74) is 0. The third kappa shape index (κ3) is 4.53. The van der Waals surface area contributed by atoms with E-state index in [1.807, 2.05) is 0 Å². The number of alkyl halides is 2. The van der Waals surface area contributed by atoms with Crippen LogP contribution in [0.3, 0.4) is 0 Å². The molecule has 3 rings (SSSR count). The molecule has 7 nitrogen and oxygen atoms in total. The molecule has 2 aromatic rings. The Balaban J connectivity index is 1.55. The summed E-state index contributed by atoms with van der Waals surface area (Å²) in [5, 5.41) is 4.41. The molecule has 1 amide bonds. The number of carbonyl (C=O) groups is 1. The van der Waals surface area contributed by atoms with E-state index in [1.165, 1.54) is 16.7 Å². The maximum atomic E-state index is 12.8. The van der Waals surface area contributed by atoms with Crippen LogP contribution in [0.25, 0.3) is 0 Å². The zero-order valence-electron chi connectivity index (χ0n) is 14.4. The van der Waals surface area contributed by atoms with Crippen molar-refractivity contribution in [2.75, 3.05) is 19.6 Å². The lowest BCUT2D eigenvalue weighted by Crippen LogP contribution is -2.45. The van der Waals surface area contributed by atoms with Gasteiger partial charge >= 0.3 is 6.55 Å². The molecule has 1 saturated heterocycles. The van der Waals surface area contributed by atoms with Crippen LogP contribution in [-0.4, -0.2) is 47.8 Å². The maximum Gasteiger partial charge on any atom is 0.319 e. The van der Waals surface area contributed by atoms with E-state index in [-0.39, 0.29) is 35.5 Å². The normalized spacial score (nSPS) is 18.7. The first-order valence-electron chi connectivity index (χ1n) is 8.51. The highest BCUT2D eigenvalue weighted by atomic mass is 32.2. The topological polar surface area (TPSA) is 84.3 Å². The van der Waals surface area contributed by atoms with Crippen molar-refractivity contribution in [1.29, 1.82) is 0 Å². The highest BCUT2D eigenvalue weighted by molar-refractivity contribution is 7.91. The van der Waals surface area contributed by atoms with Gasteiger partial charge in [0.15, 0.2) is 0 Å². The summed E-state index contributed by atoms with van der Waals surface area (Å²) in [6, 6.07) is 3.23. The smallest absolute Gasteiger partial charge is 0.319 e. The lowest BCUT2D eigenvalue weighted by Gasteiger charge is -2.30. The third-order valence-corrected chi connectivity index (χ3v) is 7.69. The van der Waals surface area contributed by atoms with Crippen molar-refractivity contribution in [2.24, 2.45) is 5.92 Å². The Kier molecular flexibility index (Phi) is 6.22. The van der Waals surface area contributed by atoms with Gasteiger partial charge in [-0.05, 0) is 24.3 Å². The molecule has 3 heterocycles. The molecule has 0 aromatic carbocycles. The number of hydrogen-bond donors (Lipinski definition) is 1. The molecule has 1 N–H and O–H groups in total. The largest absolute Gasteiger partial charge is 0.355 e. The Morgan fingerprint density at radius 3 is 2.96 bits per heavy atom. The summed E-state index contributed by atoms with van der Waals surface area (Å²) in [5.74, 6) is -0.532. The molecule has 1 aliphatic rings. The van der Waals surface area contributed by atoms with Gasteiger partial charge in [0.2, 0.25) is 5.91 Å². The summed E-state index contributed by atoms with van der Waals surface area (Å²) in [6.07, 6.45) is 3.84. The van der Waals surface area contributed by atoms with E-state index in [9.17, 15) is 22.0 Å². The summed E-state index contributed by atoms with van der Waals surface area (Å²) in [6.45, 7) is -2.00. The van der Waals surface area contributed by atoms with Crippen LogP contribution in [0.2, 0.25) is 0 Å². The Hall–Kier alpha value is -1.85. The number of halogens is 2. The average molecular weight is 418 g/mol. The van der Waals surface area contributed by atoms with Gasteiger partial charge in [0.05, 0.1) is 5.92 Å². The van der Waals surface area contributed by atoms with Gasteiger partial charge in [0, 0.05) is 38.4 Å². The second-order valence-electron chi connectivity index (χ2n) is 6.20. The van der Waals surface area contributed by atoms with E-state index in [1.54, 1.807) is 17.5 Å². The molecule has 1 aliphatic heterocycles. The Morgan fingerprint density at radius 2 is 2.26 bits per heavy atom. The predicted molar refractivity (Wildman–Crippen MR) is 96.0 cm³/mol. The zero-order chi connectivity index (χ0) is 19.4. The van der Waals surface area contributed by atoms with Gasteiger partial charge in [0.1, 0.15) is 10.0 Å². The molecule has 0 spiro atoms. The van der Waals surface area contributed by atoms with E-state index in [4.69, 9.17) is 0 Å². The van der Waals surface area contributed by atoms with Gasteiger partial charge in [0.25, 0.3) is 10.0 Å². The van der Waals surface area contributed by atoms with Gasteiger partial charge in [-0.1, -0.05) is 6.07 Å². The highest BCUT2D eigenvalue weighted by Gasteiger charge is 2.33. The van der Waals surface area contributed by atoms with Crippen LogP contribution in [0.4, 0.5) is 8.78 Å². The summed E-state index contributed by atoms with van der Waals surface area (Å²) in [7, 11) is -3.58. The number of carbonyl (C=O) groups excluding carboxylic acids is 1. The van der Waals surface area contributed by atoms with Crippen molar-refractivity contribution in [3.63, 3.8) is 0 Å². The molecule has 0 aliphatic carbocycles. The molecular weight excluding hydrogens is 398 g/mol. The number of imidazole rings is 1. The van der Waals surface area contributed by atoms with Crippen molar-refractivity contribution >= 4 is 27.3 Å². The molecule has 1 fully saturated rings. The lowest BCUT2D eigenvalue weighted by molar-refractivity contribution is -0.126. The number of sulfonamides is 1. The fraction of sp³-hybridized carbons (Fsp3) is 0.500. The quantitative estimate of drug-likeness (QED) is 0.746. The van der Waals surface area contributed by atoms with E-state index < -0.39 is 22.5 Å². The first-order valence-corrected chi connectivity index (χ1v) is 10.8. The van der Waals surface area contributed by atoms with Crippen molar-refractivity contribution < 1.29 is 22.0 Å². The summed E-state index contributed by atoms with van der Waals surface area (Å²) >= 11 is 1.15. The number of thiophene rings is 1. The standard InChI is InChI=1S/C16H20F2N4O3S2/c17-16(18)22-9-7-19-13(22)5-6-20-15(23)12-3-1-8-21(11-12)27(24,25)14-4-2-10-26-14/h2,4,7,9-10,12,16H,1,3,5-6,8,11H2,(H,20,23). The number of piperidine rings is 1. The first-order chi connectivity index (χ1) is 12.9. The van der Waals surface area contributed by atoms with Crippen LogP contribution in [0, 0.1) is 5.92 Å². The highest BCUT2D eigenvalue weighted by Crippen LogP contribution is 2.26. The molecule has 0 bridgehead atoms. The Bertz CT molecular complexity index is 868. The van der Waals surface area contributed by atoms with Crippen LogP contribution >= 0.6 is 11.3 Å². The minimum Gasteiger partial charge on any atom is -0.355 e. The van der Waals surface area contributed by atoms with Gasteiger partial charge in [-0.15, -0.1) is 11.3 Å². The number of rotatable bonds is 7.